The maximum Gasteiger partial charge on any atom is 0.264 e. The molecule has 4 rings (SSSR count). The van der Waals surface area contributed by atoms with Crippen LogP contribution in [0.15, 0.2) is 53.5 Å². The highest BCUT2D eigenvalue weighted by atomic mass is 35.5. The van der Waals surface area contributed by atoms with E-state index in [0.29, 0.717) is 38.3 Å². The van der Waals surface area contributed by atoms with E-state index in [4.69, 9.17) is 23.2 Å². The number of hydrogen-bond acceptors (Lipinski definition) is 4. The van der Waals surface area contributed by atoms with Crippen LogP contribution in [0.1, 0.15) is 12.2 Å². The summed E-state index contributed by atoms with van der Waals surface area (Å²) in [7, 11) is 0. The van der Waals surface area contributed by atoms with Gasteiger partial charge in [0.05, 0.1) is 22.6 Å². The van der Waals surface area contributed by atoms with Gasteiger partial charge in [-0.1, -0.05) is 23.2 Å². The maximum atomic E-state index is 13.2. The van der Waals surface area contributed by atoms with Crippen molar-refractivity contribution in [1.29, 1.82) is 0 Å². The molecule has 2 aromatic carbocycles. The highest BCUT2D eigenvalue weighted by molar-refractivity contribution is 6.35. The Morgan fingerprint density at radius 1 is 1.16 bits per heavy atom. The molecule has 0 unspecified atom stereocenters. The highest BCUT2D eigenvalue weighted by Crippen LogP contribution is 2.25. The molecule has 0 atom stereocenters. The lowest BCUT2D eigenvalue weighted by Gasteiger charge is -2.11. The van der Waals surface area contributed by atoms with Gasteiger partial charge in [-0.2, -0.15) is 5.10 Å². The number of nitrogens with zero attached hydrogens (tertiary/aromatic N) is 4. The monoisotopic (exact) mass is 459 g/mol. The molecule has 1 amide bonds. The number of amides is 1. The fourth-order valence-corrected chi connectivity index (χ4v) is 3.50. The Kier molecular flexibility index (Phi) is 5.75. The zero-order valence-electron chi connectivity index (χ0n) is 16.3. The van der Waals surface area contributed by atoms with Gasteiger partial charge in [-0.15, -0.1) is 0 Å². The number of benzene rings is 2. The number of carbonyl (C=O) groups is 1. The Balaban J connectivity index is 1.57. The fraction of sp³-hybridized carbons (Fsp3) is 0.143. The minimum absolute atomic E-state index is 0.0306. The largest absolute Gasteiger partial charge is 0.325 e. The molecule has 2 aromatic heterocycles. The van der Waals surface area contributed by atoms with Gasteiger partial charge >= 0.3 is 0 Å². The molecule has 0 bridgehead atoms. The van der Waals surface area contributed by atoms with Crippen molar-refractivity contribution >= 4 is 45.8 Å². The summed E-state index contributed by atoms with van der Waals surface area (Å²) in [6, 6.07) is 10.5. The normalized spacial score (nSPS) is 11.1. The van der Waals surface area contributed by atoms with Crippen LogP contribution in [0, 0.1) is 12.7 Å². The Labute approximate surface area is 186 Å². The van der Waals surface area contributed by atoms with Gasteiger partial charge in [-0.05, 0) is 49.4 Å². The third-order valence-corrected chi connectivity index (χ3v) is 5.28. The zero-order chi connectivity index (χ0) is 22.1. The molecule has 1 N–H and O–H groups in total. The van der Waals surface area contributed by atoms with Crippen molar-refractivity contribution in [2.45, 2.75) is 19.9 Å². The average molecular weight is 460 g/mol. The van der Waals surface area contributed by atoms with Gasteiger partial charge in [-0.25, -0.2) is 14.1 Å². The van der Waals surface area contributed by atoms with Gasteiger partial charge in [0.25, 0.3) is 5.56 Å². The van der Waals surface area contributed by atoms with Crippen LogP contribution in [-0.2, 0) is 11.3 Å². The number of aromatic nitrogens is 4. The Morgan fingerprint density at radius 2 is 1.90 bits per heavy atom. The summed E-state index contributed by atoms with van der Waals surface area (Å²) in [4.78, 5) is 29.8. The first-order valence-corrected chi connectivity index (χ1v) is 10.0. The van der Waals surface area contributed by atoms with Crippen LogP contribution in [-0.4, -0.2) is 25.2 Å². The van der Waals surface area contributed by atoms with E-state index in [2.05, 4.69) is 15.4 Å². The number of halogens is 3. The highest BCUT2D eigenvalue weighted by Gasteiger charge is 2.15. The third-order valence-electron chi connectivity index (χ3n) is 4.71. The van der Waals surface area contributed by atoms with E-state index in [0.717, 1.165) is 0 Å². The summed E-state index contributed by atoms with van der Waals surface area (Å²) in [5.41, 5.74) is 1.03. The van der Waals surface area contributed by atoms with Gasteiger partial charge < -0.3 is 5.32 Å². The summed E-state index contributed by atoms with van der Waals surface area (Å²) in [5, 5.41) is 8.02. The molecule has 0 aliphatic heterocycles. The lowest BCUT2D eigenvalue weighted by molar-refractivity contribution is -0.116. The Hall–Kier alpha value is -3.23. The molecular weight excluding hydrogens is 444 g/mol. The quantitative estimate of drug-likeness (QED) is 0.480. The predicted octanol–water partition coefficient (Wildman–Crippen LogP) is 4.37. The molecule has 4 aromatic rings. The topological polar surface area (TPSA) is 81.8 Å². The molecule has 0 aliphatic rings. The van der Waals surface area contributed by atoms with Crippen LogP contribution in [0.2, 0.25) is 10.0 Å². The fourth-order valence-electron chi connectivity index (χ4n) is 3.16. The van der Waals surface area contributed by atoms with Gasteiger partial charge in [0.15, 0.2) is 5.65 Å². The molecule has 2 heterocycles. The van der Waals surface area contributed by atoms with Crippen molar-refractivity contribution in [2.75, 3.05) is 5.32 Å². The van der Waals surface area contributed by atoms with Crippen molar-refractivity contribution < 1.29 is 9.18 Å². The molecule has 0 fully saturated rings. The lowest BCUT2D eigenvalue weighted by Crippen LogP contribution is -2.26. The smallest absolute Gasteiger partial charge is 0.264 e. The van der Waals surface area contributed by atoms with Crippen molar-refractivity contribution in [3.05, 3.63) is 80.7 Å². The molecule has 10 heteroatoms. The molecule has 0 radical (unpaired) electrons. The molecular formula is C21H16Cl2FN5O2. The van der Waals surface area contributed by atoms with Crippen LogP contribution in [0.25, 0.3) is 16.7 Å². The number of anilines is 1. The molecule has 0 saturated carbocycles. The van der Waals surface area contributed by atoms with E-state index in [1.807, 2.05) is 0 Å². The van der Waals surface area contributed by atoms with Gasteiger partial charge in [0.1, 0.15) is 17.0 Å². The summed E-state index contributed by atoms with van der Waals surface area (Å²) in [6.07, 6.45) is 1.44. The van der Waals surface area contributed by atoms with E-state index < -0.39 is 0 Å². The van der Waals surface area contributed by atoms with Crippen LogP contribution < -0.4 is 10.9 Å². The first-order chi connectivity index (χ1) is 14.8. The molecule has 0 saturated heterocycles. The molecule has 31 heavy (non-hydrogen) atoms. The lowest BCUT2D eigenvalue weighted by atomic mass is 10.3. The molecule has 0 spiro atoms. The van der Waals surface area contributed by atoms with Gasteiger partial charge in [0.2, 0.25) is 5.91 Å². The van der Waals surface area contributed by atoms with Crippen LogP contribution in [0.4, 0.5) is 10.1 Å². The SMILES string of the molecule is Cc1nc2c(cnn2-c2ccc(F)cc2)c(=O)n1CCC(=O)Nc1cc(Cl)ccc1Cl. The van der Waals surface area contributed by atoms with E-state index in [9.17, 15) is 14.0 Å². The first-order valence-electron chi connectivity index (χ1n) is 9.29. The summed E-state index contributed by atoms with van der Waals surface area (Å²) in [6.45, 7) is 1.80. The third kappa shape index (κ3) is 4.30. The summed E-state index contributed by atoms with van der Waals surface area (Å²) in [5.74, 6) is -0.267. The van der Waals surface area contributed by atoms with Crippen molar-refractivity contribution in [3.8, 4) is 5.69 Å². The molecule has 7 nitrogen and oxygen atoms in total. The number of nitrogens with one attached hydrogen (secondary N) is 1. The summed E-state index contributed by atoms with van der Waals surface area (Å²) < 4.78 is 16.1. The molecule has 158 valence electrons. The first kappa shape index (κ1) is 21.0. The number of fused-ring (bicyclic) bond motifs is 1. The van der Waals surface area contributed by atoms with E-state index >= 15 is 0 Å². The Bertz CT molecular complexity index is 1350. The van der Waals surface area contributed by atoms with Crippen LogP contribution in [0.5, 0.6) is 0 Å². The second kappa shape index (κ2) is 8.49. The minimum atomic E-state index is -0.371. The van der Waals surface area contributed by atoms with E-state index in [1.165, 1.54) is 27.6 Å². The van der Waals surface area contributed by atoms with Crippen molar-refractivity contribution in [1.82, 2.24) is 19.3 Å². The van der Waals surface area contributed by atoms with E-state index in [1.54, 1.807) is 37.3 Å². The minimum Gasteiger partial charge on any atom is -0.325 e. The number of rotatable bonds is 5. The van der Waals surface area contributed by atoms with Crippen LogP contribution in [0.3, 0.4) is 0 Å². The van der Waals surface area contributed by atoms with Crippen molar-refractivity contribution in [3.63, 3.8) is 0 Å². The second-order valence-electron chi connectivity index (χ2n) is 6.81. The summed E-state index contributed by atoms with van der Waals surface area (Å²) >= 11 is 12.0. The maximum absolute atomic E-state index is 13.2. The van der Waals surface area contributed by atoms with Crippen molar-refractivity contribution in [2.24, 2.45) is 0 Å². The second-order valence-corrected chi connectivity index (χ2v) is 7.65. The predicted molar refractivity (Wildman–Crippen MR) is 118 cm³/mol. The van der Waals surface area contributed by atoms with Gasteiger partial charge in [-0.3, -0.25) is 14.2 Å². The Morgan fingerprint density at radius 3 is 2.65 bits per heavy atom. The standard InChI is InChI=1S/C21H16Cl2FN5O2/c1-12-26-20-16(11-25-29(20)15-5-3-14(24)4-6-15)21(31)28(12)9-8-19(30)27-18-10-13(22)2-7-17(18)23/h2-7,10-11H,8-9H2,1H3,(H,27,30). The van der Waals surface area contributed by atoms with Crippen LogP contribution >= 0.6 is 23.2 Å². The molecule has 0 aliphatic carbocycles. The van der Waals surface area contributed by atoms with E-state index in [-0.39, 0.29) is 30.2 Å². The number of hydrogen-bond donors (Lipinski definition) is 1. The zero-order valence-corrected chi connectivity index (χ0v) is 17.8. The number of aryl methyl sites for hydroxylation is 1. The average Bonchev–Trinajstić information content (AvgIpc) is 3.15. The van der Waals surface area contributed by atoms with Gasteiger partial charge in [0, 0.05) is 18.0 Å². The number of carbonyl (C=O) groups excluding carboxylic acids is 1.